The third kappa shape index (κ3) is 3.41. The number of halogens is 2. The lowest BCUT2D eigenvalue weighted by Crippen LogP contribution is -2.32. The molecule has 1 heterocycles. The Kier molecular flexibility index (Phi) is 4.17. The molecule has 0 aromatic rings. The first-order valence-corrected chi connectivity index (χ1v) is 4.91. The zero-order chi connectivity index (χ0) is 12.2. The number of rotatable bonds is 5. The number of nitrogens with one attached hydrogen (secondary N) is 1. The fourth-order valence-electron chi connectivity index (χ4n) is 1.31. The molecule has 0 aromatic heterocycles. The lowest BCUT2D eigenvalue weighted by molar-refractivity contribution is -0.158. The molecule has 1 saturated heterocycles. The summed E-state index contributed by atoms with van der Waals surface area (Å²) in [7, 11) is 0. The molecule has 1 unspecified atom stereocenters. The van der Waals surface area contributed by atoms with E-state index in [1.807, 2.05) is 0 Å². The van der Waals surface area contributed by atoms with Gasteiger partial charge in [-0.15, -0.1) is 0 Å². The minimum atomic E-state index is -3.41. The zero-order valence-electron chi connectivity index (χ0n) is 8.79. The molecule has 5 nitrogen and oxygen atoms in total. The van der Waals surface area contributed by atoms with E-state index in [9.17, 15) is 18.4 Å². The summed E-state index contributed by atoms with van der Waals surface area (Å²) in [5.74, 6) is -5.38. The standard InChI is InChI=1S/C9H13F2NO4/c1-2-15-7(13)5-12-4-6-3-9(10,11)8(14)16-6/h6,12H,2-5H2,1H3. The van der Waals surface area contributed by atoms with E-state index < -0.39 is 30.4 Å². The fraction of sp³-hybridized carbons (Fsp3) is 0.778. The first kappa shape index (κ1) is 12.8. The van der Waals surface area contributed by atoms with Crippen LogP contribution >= 0.6 is 0 Å². The van der Waals surface area contributed by atoms with Gasteiger partial charge in [0.2, 0.25) is 0 Å². The lowest BCUT2D eigenvalue weighted by atomic mass is 10.2. The first-order valence-electron chi connectivity index (χ1n) is 4.91. The van der Waals surface area contributed by atoms with Crippen molar-refractivity contribution in [2.24, 2.45) is 0 Å². The van der Waals surface area contributed by atoms with Crippen molar-refractivity contribution >= 4 is 11.9 Å². The Bertz CT molecular complexity index is 283. The van der Waals surface area contributed by atoms with Crippen LogP contribution in [-0.4, -0.2) is 43.7 Å². The van der Waals surface area contributed by atoms with Crippen LogP contribution in [0.15, 0.2) is 0 Å². The zero-order valence-corrected chi connectivity index (χ0v) is 8.79. The lowest BCUT2D eigenvalue weighted by Gasteiger charge is -2.09. The largest absolute Gasteiger partial charge is 0.465 e. The molecule has 0 amide bonds. The molecule has 1 aliphatic heterocycles. The predicted molar refractivity (Wildman–Crippen MR) is 48.9 cm³/mol. The predicted octanol–water partition coefficient (Wildman–Crippen LogP) is 0.0899. The monoisotopic (exact) mass is 237 g/mol. The second-order valence-electron chi connectivity index (χ2n) is 3.37. The summed E-state index contributed by atoms with van der Waals surface area (Å²) in [6, 6.07) is 0. The number of ether oxygens (including phenoxy) is 2. The van der Waals surface area contributed by atoms with Crippen LogP contribution in [0.3, 0.4) is 0 Å². The van der Waals surface area contributed by atoms with E-state index in [-0.39, 0.29) is 19.7 Å². The SMILES string of the molecule is CCOC(=O)CNCC1CC(F)(F)C(=O)O1. The normalized spacial score (nSPS) is 22.9. The van der Waals surface area contributed by atoms with Crippen LogP contribution in [0.2, 0.25) is 0 Å². The maximum absolute atomic E-state index is 12.7. The first-order chi connectivity index (χ1) is 7.45. The smallest absolute Gasteiger partial charge is 0.377 e. The summed E-state index contributed by atoms with van der Waals surface area (Å²) in [4.78, 5) is 21.5. The van der Waals surface area contributed by atoms with Crippen LogP contribution < -0.4 is 5.32 Å². The van der Waals surface area contributed by atoms with Crippen LogP contribution in [0.1, 0.15) is 13.3 Å². The quantitative estimate of drug-likeness (QED) is 0.686. The molecule has 1 atom stereocenters. The minimum Gasteiger partial charge on any atom is -0.465 e. The second kappa shape index (κ2) is 5.20. The van der Waals surface area contributed by atoms with Gasteiger partial charge in [-0.1, -0.05) is 0 Å². The van der Waals surface area contributed by atoms with Gasteiger partial charge in [-0.25, -0.2) is 4.79 Å². The molecule has 7 heteroatoms. The summed E-state index contributed by atoms with van der Waals surface area (Å²) in [6.07, 6.45) is -1.54. The molecular weight excluding hydrogens is 224 g/mol. The molecule has 16 heavy (non-hydrogen) atoms. The minimum absolute atomic E-state index is 0.0140. The summed E-state index contributed by atoms with van der Waals surface area (Å²) in [5.41, 5.74) is 0. The molecule has 0 saturated carbocycles. The number of hydrogen-bond acceptors (Lipinski definition) is 5. The van der Waals surface area contributed by atoms with Crippen molar-refractivity contribution in [3.05, 3.63) is 0 Å². The van der Waals surface area contributed by atoms with Crippen LogP contribution in [0.5, 0.6) is 0 Å². The molecule has 1 fully saturated rings. The molecule has 0 aromatic carbocycles. The average Bonchev–Trinajstić information content (AvgIpc) is 2.41. The van der Waals surface area contributed by atoms with Crippen molar-refractivity contribution in [1.82, 2.24) is 5.32 Å². The van der Waals surface area contributed by atoms with E-state index in [2.05, 4.69) is 14.8 Å². The highest BCUT2D eigenvalue weighted by Gasteiger charge is 2.50. The number of esters is 2. The molecular formula is C9H13F2NO4. The Hall–Kier alpha value is -1.24. The molecule has 1 aliphatic rings. The van der Waals surface area contributed by atoms with Gasteiger partial charge in [0.25, 0.3) is 0 Å². The molecule has 1 N–H and O–H groups in total. The average molecular weight is 237 g/mol. The molecule has 1 rings (SSSR count). The molecule has 0 aliphatic carbocycles. The van der Waals surface area contributed by atoms with Gasteiger partial charge in [0.05, 0.1) is 19.6 Å². The van der Waals surface area contributed by atoms with Gasteiger partial charge < -0.3 is 14.8 Å². The number of carbonyl (C=O) groups is 2. The van der Waals surface area contributed by atoms with E-state index >= 15 is 0 Å². The summed E-state index contributed by atoms with van der Waals surface area (Å²) in [6.45, 7) is 1.85. The Morgan fingerprint density at radius 3 is 2.88 bits per heavy atom. The van der Waals surface area contributed by atoms with Gasteiger partial charge in [0.15, 0.2) is 0 Å². The van der Waals surface area contributed by atoms with Crippen molar-refractivity contribution in [2.75, 3.05) is 19.7 Å². The maximum atomic E-state index is 12.7. The molecule has 0 bridgehead atoms. The van der Waals surface area contributed by atoms with Crippen molar-refractivity contribution in [1.29, 1.82) is 0 Å². The second-order valence-corrected chi connectivity index (χ2v) is 3.37. The Morgan fingerprint density at radius 2 is 2.38 bits per heavy atom. The van der Waals surface area contributed by atoms with Crippen LogP contribution in [-0.2, 0) is 19.1 Å². The van der Waals surface area contributed by atoms with E-state index in [0.717, 1.165) is 0 Å². The van der Waals surface area contributed by atoms with Gasteiger partial charge in [-0.2, -0.15) is 8.78 Å². The van der Waals surface area contributed by atoms with E-state index in [1.165, 1.54) is 0 Å². The third-order valence-corrected chi connectivity index (χ3v) is 2.00. The molecule has 0 spiro atoms. The Balaban J connectivity index is 2.21. The molecule has 92 valence electrons. The number of alkyl halides is 2. The summed E-state index contributed by atoms with van der Waals surface area (Å²) in [5, 5.41) is 2.59. The fourth-order valence-corrected chi connectivity index (χ4v) is 1.31. The van der Waals surface area contributed by atoms with E-state index in [4.69, 9.17) is 0 Å². The van der Waals surface area contributed by atoms with Crippen LogP contribution in [0, 0.1) is 0 Å². The van der Waals surface area contributed by atoms with Gasteiger partial charge in [-0.3, -0.25) is 4.79 Å². The van der Waals surface area contributed by atoms with Crippen molar-refractivity contribution in [3.63, 3.8) is 0 Å². The van der Waals surface area contributed by atoms with Crippen molar-refractivity contribution < 1.29 is 27.8 Å². The van der Waals surface area contributed by atoms with Crippen molar-refractivity contribution in [2.45, 2.75) is 25.4 Å². The maximum Gasteiger partial charge on any atom is 0.377 e. The van der Waals surface area contributed by atoms with Gasteiger partial charge in [0.1, 0.15) is 6.10 Å². The highest BCUT2D eigenvalue weighted by Crippen LogP contribution is 2.30. The van der Waals surface area contributed by atoms with Gasteiger partial charge in [0, 0.05) is 6.54 Å². The summed E-state index contributed by atoms with van der Waals surface area (Å²) < 4.78 is 34.4. The highest BCUT2D eigenvalue weighted by atomic mass is 19.3. The highest BCUT2D eigenvalue weighted by molar-refractivity contribution is 5.79. The van der Waals surface area contributed by atoms with Crippen LogP contribution in [0.25, 0.3) is 0 Å². The van der Waals surface area contributed by atoms with Crippen molar-refractivity contribution in [3.8, 4) is 0 Å². The number of cyclic esters (lactones) is 1. The Labute approximate surface area is 91.1 Å². The Morgan fingerprint density at radius 1 is 1.69 bits per heavy atom. The van der Waals surface area contributed by atoms with Gasteiger partial charge >= 0.3 is 17.9 Å². The third-order valence-electron chi connectivity index (χ3n) is 2.00. The van der Waals surface area contributed by atoms with Gasteiger partial charge in [-0.05, 0) is 6.92 Å². The number of hydrogen-bond donors (Lipinski definition) is 1. The van der Waals surface area contributed by atoms with E-state index in [0.29, 0.717) is 0 Å². The number of carbonyl (C=O) groups excluding carboxylic acids is 2. The molecule has 0 radical (unpaired) electrons. The van der Waals surface area contributed by atoms with Crippen LogP contribution in [0.4, 0.5) is 8.78 Å². The summed E-state index contributed by atoms with van der Waals surface area (Å²) >= 11 is 0. The topological polar surface area (TPSA) is 64.6 Å². The van der Waals surface area contributed by atoms with E-state index in [1.54, 1.807) is 6.92 Å².